The van der Waals surface area contributed by atoms with Crippen molar-refractivity contribution in [1.29, 1.82) is 0 Å². The van der Waals surface area contributed by atoms with Crippen LogP contribution in [-0.2, 0) is 4.79 Å². The molecule has 1 rings (SSSR count). The predicted octanol–water partition coefficient (Wildman–Crippen LogP) is 1.73. The molecule has 0 bridgehead atoms. The van der Waals surface area contributed by atoms with Crippen molar-refractivity contribution in [2.75, 3.05) is 46.0 Å². The second-order valence-electron chi connectivity index (χ2n) is 4.63. The Morgan fingerprint density at radius 1 is 1.16 bits per heavy atom. The van der Waals surface area contributed by atoms with Crippen LogP contribution in [0.4, 0.5) is 0 Å². The summed E-state index contributed by atoms with van der Waals surface area (Å²) in [5.74, 6) is 0.147. The molecule has 0 heterocycles. The maximum atomic E-state index is 10.8. The van der Waals surface area contributed by atoms with Gasteiger partial charge in [-0.2, -0.15) is 0 Å². The van der Waals surface area contributed by atoms with Crippen molar-refractivity contribution in [2.24, 2.45) is 0 Å². The van der Waals surface area contributed by atoms with Gasteiger partial charge in [0.1, 0.15) is 0 Å². The third-order valence-corrected chi connectivity index (χ3v) is 3.63. The number of nitrogens with zero attached hydrogens (tertiary/aromatic N) is 2. The lowest BCUT2D eigenvalue weighted by molar-refractivity contribution is -0.138. The maximum absolute atomic E-state index is 10.8. The maximum Gasteiger partial charge on any atom is 0.317 e. The number of carbonyl (C=O) groups is 1. The van der Waals surface area contributed by atoms with E-state index in [2.05, 4.69) is 17.0 Å². The summed E-state index contributed by atoms with van der Waals surface area (Å²) in [6.07, 6.45) is 0. The molecule has 0 amide bonds. The van der Waals surface area contributed by atoms with E-state index in [4.69, 9.17) is 5.11 Å². The van der Waals surface area contributed by atoms with Crippen LogP contribution in [0.5, 0.6) is 0 Å². The molecule has 1 aromatic rings. The Morgan fingerprint density at radius 2 is 1.84 bits per heavy atom. The van der Waals surface area contributed by atoms with Crippen LogP contribution >= 0.6 is 11.8 Å². The molecule has 0 aliphatic rings. The van der Waals surface area contributed by atoms with E-state index in [0.717, 1.165) is 25.4 Å². The van der Waals surface area contributed by atoms with Crippen LogP contribution < -0.4 is 0 Å². The van der Waals surface area contributed by atoms with E-state index in [-0.39, 0.29) is 6.54 Å². The molecule has 1 aromatic carbocycles. The fourth-order valence-corrected chi connectivity index (χ4v) is 2.55. The molecule has 106 valence electrons. The van der Waals surface area contributed by atoms with Gasteiger partial charge in [-0.1, -0.05) is 18.2 Å². The van der Waals surface area contributed by atoms with E-state index in [1.807, 2.05) is 37.2 Å². The van der Waals surface area contributed by atoms with Gasteiger partial charge in [-0.05, 0) is 26.2 Å². The summed E-state index contributed by atoms with van der Waals surface area (Å²) in [4.78, 5) is 16.1. The van der Waals surface area contributed by atoms with Crippen molar-refractivity contribution in [3.63, 3.8) is 0 Å². The highest BCUT2D eigenvalue weighted by Crippen LogP contribution is 2.16. The van der Waals surface area contributed by atoms with Gasteiger partial charge in [0.25, 0.3) is 0 Å². The van der Waals surface area contributed by atoms with E-state index >= 15 is 0 Å². The van der Waals surface area contributed by atoms with Gasteiger partial charge in [-0.3, -0.25) is 9.69 Å². The number of likely N-dealkylation sites (N-methyl/N-ethyl adjacent to an activating group) is 1. The van der Waals surface area contributed by atoms with Crippen LogP contribution in [0.3, 0.4) is 0 Å². The Labute approximate surface area is 119 Å². The average Bonchev–Trinajstić information content (AvgIpc) is 2.36. The molecule has 4 nitrogen and oxygen atoms in total. The minimum absolute atomic E-state index is 0.114. The first-order valence-corrected chi connectivity index (χ1v) is 7.33. The van der Waals surface area contributed by atoms with Gasteiger partial charge in [-0.15, -0.1) is 11.8 Å². The fraction of sp³-hybridized carbons (Fsp3) is 0.500. The SMILES string of the molecule is CN(C)CCN(CCSc1ccccc1)CC(=O)O. The van der Waals surface area contributed by atoms with Gasteiger partial charge in [0, 0.05) is 30.3 Å². The Morgan fingerprint density at radius 3 is 2.42 bits per heavy atom. The highest BCUT2D eigenvalue weighted by Gasteiger charge is 2.09. The van der Waals surface area contributed by atoms with E-state index in [9.17, 15) is 4.79 Å². The van der Waals surface area contributed by atoms with Crippen molar-refractivity contribution in [3.8, 4) is 0 Å². The van der Waals surface area contributed by atoms with Gasteiger partial charge >= 0.3 is 5.97 Å². The zero-order chi connectivity index (χ0) is 14.1. The van der Waals surface area contributed by atoms with Crippen LogP contribution in [0.1, 0.15) is 0 Å². The molecule has 0 atom stereocenters. The number of carboxylic acids is 1. The van der Waals surface area contributed by atoms with Crippen LogP contribution in [0.15, 0.2) is 35.2 Å². The second-order valence-corrected chi connectivity index (χ2v) is 5.80. The predicted molar refractivity (Wildman–Crippen MR) is 79.8 cm³/mol. The first kappa shape index (κ1) is 16.0. The zero-order valence-corrected chi connectivity index (χ0v) is 12.4. The van der Waals surface area contributed by atoms with Crippen molar-refractivity contribution < 1.29 is 9.90 Å². The van der Waals surface area contributed by atoms with E-state index in [1.54, 1.807) is 11.8 Å². The van der Waals surface area contributed by atoms with Crippen molar-refractivity contribution in [1.82, 2.24) is 9.80 Å². The monoisotopic (exact) mass is 282 g/mol. The minimum Gasteiger partial charge on any atom is -0.480 e. The Bertz CT molecular complexity index is 371. The molecule has 0 spiro atoms. The molecule has 0 radical (unpaired) electrons. The number of benzene rings is 1. The molecule has 0 aromatic heterocycles. The lowest BCUT2D eigenvalue weighted by Crippen LogP contribution is -2.37. The molecule has 0 fully saturated rings. The first-order valence-electron chi connectivity index (χ1n) is 6.34. The van der Waals surface area contributed by atoms with Gasteiger partial charge in [0.15, 0.2) is 0 Å². The van der Waals surface area contributed by atoms with Crippen molar-refractivity contribution in [3.05, 3.63) is 30.3 Å². The lowest BCUT2D eigenvalue weighted by atomic mass is 10.4. The number of thioether (sulfide) groups is 1. The van der Waals surface area contributed by atoms with Crippen LogP contribution in [0, 0.1) is 0 Å². The standard InChI is InChI=1S/C14H22N2O2S/c1-15(2)8-9-16(12-14(17)18)10-11-19-13-6-4-3-5-7-13/h3-7H,8-12H2,1-2H3,(H,17,18). The van der Waals surface area contributed by atoms with Crippen molar-refractivity contribution >= 4 is 17.7 Å². The number of rotatable bonds is 9. The number of hydrogen-bond donors (Lipinski definition) is 1. The highest BCUT2D eigenvalue weighted by atomic mass is 32.2. The van der Waals surface area contributed by atoms with Gasteiger partial charge in [-0.25, -0.2) is 0 Å². The largest absolute Gasteiger partial charge is 0.480 e. The van der Waals surface area contributed by atoms with Gasteiger partial charge < -0.3 is 10.0 Å². The summed E-state index contributed by atoms with van der Waals surface area (Å²) in [6, 6.07) is 10.2. The van der Waals surface area contributed by atoms with Gasteiger partial charge in [0.05, 0.1) is 6.54 Å². The Kier molecular flexibility index (Phi) is 7.55. The summed E-state index contributed by atoms with van der Waals surface area (Å²) < 4.78 is 0. The van der Waals surface area contributed by atoms with Crippen LogP contribution in [-0.4, -0.2) is 66.9 Å². The van der Waals surface area contributed by atoms with E-state index in [1.165, 1.54) is 4.90 Å². The molecule has 0 aliphatic carbocycles. The molecule has 0 unspecified atom stereocenters. The lowest BCUT2D eigenvalue weighted by Gasteiger charge is -2.22. The second kappa shape index (κ2) is 8.96. The first-order chi connectivity index (χ1) is 9.08. The summed E-state index contributed by atoms with van der Waals surface area (Å²) in [5.41, 5.74) is 0. The van der Waals surface area contributed by atoms with E-state index < -0.39 is 5.97 Å². The normalized spacial score (nSPS) is 11.2. The summed E-state index contributed by atoms with van der Waals surface area (Å²) in [7, 11) is 4.00. The third kappa shape index (κ3) is 7.87. The summed E-state index contributed by atoms with van der Waals surface area (Å²) >= 11 is 1.76. The minimum atomic E-state index is -0.761. The van der Waals surface area contributed by atoms with Crippen LogP contribution in [0.25, 0.3) is 0 Å². The highest BCUT2D eigenvalue weighted by molar-refractivity contribution is 7.99. The molecule has 5 heteroatoms. The number of aliphatic carboxylic acids is 1. The molecule has 0 saturated carbocycles. The third-order valence-electron chi connectivity index (χ3n) is 2.64. The zero-order valence-electron chi connectivity index (χ0n) is 11.6. The average molecular weight is 282 g/mol. The Hall–Kier alpha value is -1.04. The smallest absolute Gasteiger partial charge is 0.317 e. The summed E-state index contributed by atoms with van der Waals surface area (Å²) in [5, 5.41) is 8.90. The Balaban J connectivity index is 2.33. The van der Waals surface area contributed by atoms with Crippen LogP contribution in [0.2, 0.25) is 0 Å². The topological polar surface area (TPSA) is 43.8 Å². The number of carboxylic acid groups (broad SMARTS) is 1. The molecule has 19 heavy (non-hydrogen) atoms. The molecule has 0 aliphatic heterocycles. The van der Waals surface area contributed by atoms with Crippen molar-refractivity contribution in [2.45, 2.75) is 4.90 Å². The van der Waals surface area contributed by atoms with E-state index in [0.29, 0.717) is 0 Å². The van der Waals surface area contributed by atoms with Gasteiger partial charge in [0.2, 0.25) is 0 Å². The summed E-state index contributed by atoms with van der Waals surface area (Å²) in [6.45, 7) is 2.57. The molecular formula is C14H22N2O2S. The fourth-order valence-electron chi connectivity index (χ4n) is 1.61. The number of hydrogen-bond acceptors (Lipinski definition) is 4. The molecule has 1 N–H and O–H groups in total. The molecule has 0 saturated heterocycles. The molecular weight excluding hydrogens is 260 g/mol. The quantitative estimate of drug-likeness (QED) is 0.699.